The van der Waals surface area contributed by atoms with Crippen LogP contribution in [0.15, 0.2) is 0 Å². The minimum Gasteiger partial charge on any atom is -0.658 e. The second kappa shape index (κ2) is 16.5. The van der Waals surface area contributed by atoms with Crippen molar-refractivity contribution in [2.24, 2.45) is 0 Å². The van der Waals surface area contributed by atoms with Crippen molar-refractivity contribution in [2.45, 2.75) is 79.6 Å². The summed E-state index contributed by atoms with van der Waals surface area (Å²) >= 11 is 0. The van der Waals surface area contributed by atoms with Gasteiger partial charge in [0, 0.05) is 0 Å². The Hall–Kier alpha value is 1.52. The quantitative estimate of drug-likeness (QED) is 0.518. The van der Waals surface area contributed by atoms with Gasteiger partial charge in [-0.05, 0) is 0 Å². The van der Waals surface area contributed by atoms with Gasteiger partial charge in [-0.2, -0.15) is 0 Å². The standard InChI is InChI=1S/2C6H14N.Li.Na/c2*1-5(2)7-6(3)4;;/h2*5-6H,1-4H3;;/q2*-1;2*+1. The molecular weight excluding hydrogens is 202 g/mol. The van der Waals surface area contributed by atoms with Crippen molar-refractivity contribution in [3.05, 3.63) is 10.6 Å². The SMILES string of the molecule is CC(C)[N-]C(C)C.CC(C)[N-]C(C)C.[Li+].[Na+]. The second-order valence-corrected chi connectivity index (χ2v) is 4.67. The largest absolute Gasteiger partial charge is 1.00 e. The van der Waals surface area contributed by atoms with Gasteiger partial charge in [0.2, 0.25) is 0 Å². The molecule has 0 aromatic heterocycles. The van der Waals surface area contributed by atoms with Crippen LogP contribution >= 0.6 is 0 Å². The first-order valence-electron chi connectivity index (χ1n) is 5.65. The Bertz CT molecular complexity index is 91.6. The smallest absolute Gasteiger partial charge is 0.658 e. The molecule has 0 rings (SSSR count). The van der Waals surface area contributed by atoms with E-state index in [1.54, 1.807) is 0 Å². The molecule has 0 fully saturated rings. The van der Waals surface area contributed by atoms with Crippen LogP contribution in [0.2, 0.25) is 0 Å². The van der Waals surface area contributed by atoms with Crippen LogP contribution in [0, 0.1) is 0 Å². The third-order valence-corrected chi connectivity index (χ3v) is 1.19. The Morgan fingerprint density at radius 2 is 0.625 bits per heavy atom. The molecule has 0 N–H and O–H groups in total. The maximum Gasteiger partial charge on any atom is 1.00 e. The monoisotopic (exact) mass is 230 g/mol. The Balaban J connectivity index is -0.0000000800. The Kier molecular flexibility index (Phi) is 27.0. The molecule has 0 bridgehead atoms. The maximum absolute atomic E-state index is 4.28. The topological polar surface area (TPSA) is 28.2 Å². The molecule has 0 saturated carbocycles. The summed E-state index contributed by atoms with van der Waals surface area (Å²) in [6, 6.07) is 2.00. The molecule has 2 nitrogen and oxygen atoms in total. The molecular formula is C12H28LiN2Na. The molecule has 0 heterocycles. The van der Waals surface area contributed by atoms with Crippen LogP contribution < -0.4 is 48.4 Å². The zero-order valence-electron chi connectivity index (χ0n) is 13.2. The predicted octanol–water partition coefficient (Wildman–Crippen LogP) is -1.64. The number of nitrogens with zero attached hydrogens (tertiary/aromatic N) is 2. The third-order valence-electron chi connectivity index (χ3n) is 1.19. The van der Waals surface area contributed by atoms with E-state index in [1.165, 1.54) is 0 Å². The van der Waals surface area contributed by atoms with Gasteiger partial charge in [0.25, 0.3) is 0 Å². The van der Waals surface area contributed by atoms with Crippen molar-refractivity contribution in [3.8, 4) is 0 Å². The van der Waals surface area contributed by atoms with Crippen LogP contribution in [0.1, 0.15) is 55.4 Å². The van der Waals surface area contributed by atoms with Gasteiger partial charge >= 0.3 is 48.4 Å². The van der Waals surface area contributed by atoms with Crippen molar-refractivity contribution in [2.75, 3.05) is 0 Å². The third kappa shape index (κ3) is 36.1. The van der Waals surface area contributed by atoms with E-state index in [4.69, 9.17) is 0 Å². The van der Waals surface area contributed by atoms with Crippen LogP contribution in [0.4, 0.5) is 0 Å². The molecule has 0 saturated heterocycles. The van der Waals surface area contributed by atoms with E-state index in [1.807, 2.05) is 0 Å². The molecule has 88 valence electrons. The van der Waals surface area contributed by atoms with Gasteiger partial charge in [-0.3, -0.25) is 0 Å². The Morgan fingerprint density at radius 3 is 0.625 bits per heavy atom. The van der Waals surface area contributed by atoms with Crippen LogP contribution in [0.25, 0.3) is 10.6 Å². The maximum atomic E-state index is 4.28. The van der Waals surface area contributed by atoms with E-state index in [-0.39, 0.29) is 48.4 Å². The zero-order valence-corrected chi connectivity index (χ0v) is 15.2. The fourth-order valence-corrected chi connectivity index (χ4v) is 1.19. The summed E-state index contributed by atoms with van der Waals surface area (Å²) in [7, 11) is 0. The number of hydrogen-bond donors (Lipinski definition) is 0. The minimum absolute atomic E-state index is 0. The van der Waals surface area contributed by atoms with E-state index in [0.717, 1.165) is 0 Å². The molecule has 0 aliphatic carbocycles. The van der Waals surface area contributed by atoms with Crippen LogP contribution in [-0.4, -0.2) is 24.2 Å². The summed E-state index contributed by atoms with van der Waals surface area (Å²) in [6.07, 6.45) is 0. The van der Waals surface area contributed by atoms with Gasteiger partial charge in [-0.1, -0.05) is 55.4 Å². The van der Waals surface area contributed by atoms with Gasteiger partial charge < -0.3 is 10.6 Å². The molecule has 0 aromatic rings. The van der Waals surface area contributed by atoms with E-state index < -0.39 is 0 Å². The molecule has 0 radical (unpaired) electrons. The van der Waals surface area contributed by atoms with Gasteiger partial charge in [0.15, 0.2) is 0 Å². The molecule has 16 heavy (non-hydrogen) atoms. The average Bonchev–Trinajstić information content (AvgIpc) is 1.79. The first-order valence-corrected chi connectivity index (χ1v) is 5.65. The van der Waals surface area contributed by atoms with Crippen molar-refractivity contribution < 1.29 is 48.4 Å². The zero-order chi connectivity index (χ0) is 11.7. The van der Waals surface area contributed by atoms with Crippen molar-refractivity contribution >= 4 is 0 Å². The first-order chi connectivity index (χ1) is 6.25. The van der Waals surface area contributed by atoms with Gasteiger partial charge in [-0.25, -0.2) is 0 Å². The summed E-state index contributed by atoms with van der Waals surface area (Å²) < 4.78 is 0. The van der Waals surface area contributed by atoms with Crippen molar-refractivity contribution in [3.63, 3.8) is 0 Å². The summed E-state index contributed by atoms with van der Waals surface area (Å²) in [5.74, 6) is 0. The first kappa shape index (κ1) is 26.2. The number of rotatable bonds is 4. The second-order valence-electron chi connectivity index (χ2n) is 4.67. The van der Waals surface area contributed by atoms with E-state index >= 15 is 0 Å². The van der Waals surface area contributed by atoms with Gasteiger partial charge in [0.05, 0.1) is 0 Å². The number of hydrogen-bond acceptors (Lipinski definition) is 0. The van der Waals surface area contributed by atoms with E-state index in [9.17, 15) is 0 Å². The fourth-order valence-electron chi connectivity index (χ4n) is 1.19. The molecule has 0 amide bonds. The average molecular weight is 230 g/mol. The summed E-state index contributed by atoms with van der Waals surface area (Å²) in [4.78, 5) is 0. The molecule has 0 spiro atoms. The molecule has 0 atom stereocenters. The van der Waals surface area contributed by atoms with Crippen LogP contribution in [0.5, 0.6) is 0 Å². The summed E-state index contributed by atoms with van der Waals surface area (Å²) in [6.45, 7) is 16.8. The Morgan fingerprint density at radius 1 is 0.500 bits per heavy atom. The summed E-state index contributed by atoms with van der Waals surface area (Å²) in [5.41, 5.74) is 0. The normalized spacial score (nSPS) is 9.75. The molecule has 0 aliphatic heterocycles. The molecule has 0 unspecified atom stereocenters. The van der Waals surface area contributed by atoms with E-state index in [0.29, 0.717) is 24.2 Å². The fraction of sp³-hybridized carbons (Fsp3) is 1.00. The molecule has 0 aliphatic rings. The van der Waals surface area contributed by atoms with Crippen LogP contribution in [0.3, 0.4) is 0 Å². The van der Waals surface area contributed by atoms with E-state index in [2.05, 4.69) is 66.0 Å². The van der Waals surface area contributed by atoms with Crippen molar-refractivity contribution in [1.82, 2.24) is 0 Å². The molecule has 0 aromatic carbocycles. The predicted molar refractivity (Wildman–Crippen MR) is 67.3 cm³/mol. The van der Waals surface area contributed by atoms with Crippen LogP contribution in [-0.2, 0) is 0 Å². The molecule has 4 heteroatoms. The van der Waals surface area contributed by atoms with Crippen molar-refractivity contribution in [1.29, 1.82) is 0 Å². The summed E-state index contributed by atoms with van der Waals surface area (Å²) in [5, 5.41) is 8.56. The minimum atomic E-state index is 0. The van der Waals surface area contributed by atoms with Gasteiger partial charge in [0.1, 0.15) is 0 Å². The van der Waals surface area contributed by atoms with Gasteiger partial charge in [-0.15, -0.1) is 24.2 Å². The Labute approximate surface area is 138 Å².